The van der Waals surface area contributed by atoms with E-state index in [1.54, 1.807) is 14.0 Å². The Morgan fingerprint density at radius 3 is 1.86 bits per heavy atom. The van der Waals surface area contributed by atoms with Crippen molar-refractivity contribution in [3.8, 4) is 5.75 Å². The SMILES string of the molecule is COc1ccc(CO[C@H](C/C=C/CO[Si](c2ccccc2)(c2ccccc2)C(C)(C)C)C(C)O)cc1. The molecule has 0 heterocycles. The van der Waals surface area contributed by atoms with Gasteiger partial charge in [-0.2, -0.15) is 0 Å². The van der Waals surface area contributed by atoms with Crippen molar-refractivity contribution in [1.29, 1.82) is 0 Å². The maximum absolute atomic E-state index is 10.3. The molecule has 0 aliphatic heterocycles. The molecule has 2 atom stereocenters. The van der Waals surface area contributed by atoms with E-state index < -0.39 is 14.4 Å². The van der Waals surface area contributed by atoms with Crippen molar-refractivity contribution in [3.05, 3.63) is 103 Å². The molecule has 0 aliphatic carbocycles. The van der Waals surface area contributed by atoms with E-state index in [-0.39, 0.29) is 11.1 Å². The first-order valence-corrected chi connectivity index (χ1v) is 14.5. The van der Waals surface area contributed by atoms with Gasteiger partial charge in [-0.15, -0.1) is 0 Å². The van der Waals surface area contributed by atoms with Gasteiger partial charge >= 0.3 is 0 Å². The molecule has 0 saturated carbocycles. The number of rotatable bonds is 12. The van der Waals surface area contributed by atoms with Gasteiger partial charge in [-0.25, -0.2) is 0 Å². The second-order valence-corrected chi connectivity index (χ2v) is 14.4. The lowest BCUT2D eigenvalue weighted by Gasteiger charge is -2.42. The van der Waals surface area contributed by atoms with Crippen LogP contribution in [0.1, 0.15) is 39.7 Å². The van der Waals surface area contributed by atoms with Crippen LogP contribution in [0.4, 0.5) is 0 Å². The Hall–Kier alpha value is -2.70. The summed E-state index contributed by atoms with van der Waals surface area (Å²) in [4.78, 5) is 0. The molecule has 192 valence electrons. The second kappa shape index (κ2) is 13.0. The summed E-state index contributed by atoms with van der Waals surface area (Å²) >= 11 is 0. The highest BCUT2D eigenvalue weighted by atomic mass is 28.4. The Bertz CT molecular complexity index is 1020. The summed E-state index contributed by atoms with van der Waals surface area (Å²) in [6.07, 6.45) is 3.86. The van der Waals surface area contributed by atoms with Crippen molar-refractivity contribution in [2.45, 2.75) is 58.0 Å². The molecule has 3 aromatic rings. The third kappa shape index (κ3) is 6.95. The monoisotopic (exact) mass is 504 g/mol. The fraction of sp³-hybridized carbons (Fsp3) is 0.355. The average Bonchev–Trinajstić information content (AvgIpc) is 2.88. The molecule has 0 bridgehead atoms. The molecule has 0 saturated heterocycles. The number of hydrogen-bond donors (Lipinski definition) is 1. The first-order valence-electron chi connectivity index (χ1n) is 12.6. The zero-order chi connectivity index (χ0) is 26.0. The van der Waals surface area contributed by atoms with Crippen molar-refractivity contribution in [3.63, 3.8) is 0 Å². The van der Waals surface area contributed by atoms with Crippen LogP contribution in [0.3, 0.4) is 0 Å². The van der Waals surface area contributed by atoms with Gasteiger partial charge in [0.15, 0.2) is 0 Å². The predicted octanol–water partition coefficient (Wildman–Crippen LogP) is 5.48. The second-order valence-electron chi connectivity index (χ2n) is 10.1. The van der Waals surface area contributed by atoms with Crippen molar-refractivity contribution in [2.24, 2.45) is 0 Å². The fourth-order valence-corrected chi connectivity index (χ4v) is 9.06. The molecule has 0 fully saturated rings. The normalized spacial score (nSPS) is 14.1. The van der Waals surface area contributed by atoms with Gasteiger partial charge in [0.05, 0.1) is 32.5 Å². The van der Waals surface area contributed by atoms with Crippen molar-refractivity contribution in [2.75, 3.05) is 13.7 Å². The third-order valence-electron chi connectivity index (χ3n) is 6.51. The van der Waals surface area contributed by atoms with Crippen LogP contribution in [0.2, 0.25) is 5.04 Å². The predicted molar refractivity (Wildman–Crippen MR) is 151 cm³/mol. The molecular weight excluding hydrogens is 464 g/mol. The van der Waals surface area contributed by atoms with E-state index in [0.29, 0.717) is 19.6 Å². The Balaban J connectivity index is 1.70. The summed E-state index contributed by atoms with van der Waals surface area (Å²) in [5.74, 6) is 0.814. The van der Waals surface area contributed by atoms with Crippen LogP contribution < -0.4 is 15.1 Å². The zero-order valence-corrected chi connectivity index (χ0v) is 23.2. The van der Waals surface area contributed by atoms with Crippen LogP contribution in [-0.2, 0) is 15.8 Å². The van der Waals surface area contributed by atoms with Gasteiger partial charge in [0.2, 0.25) is 0 Å². The largest absolute Gasteiger partial charge is 0.497 e. The average molecular weight is 505 g/mol. The maximum Gasteiger partial charge on any atom is 0.261 e. The molecule has 0 aromatic heterocycles. The summed E-state index contributed by atoms with van der Waals surface area (Å²) in [5, 5.41) is 12.7. The molecule has 36 heavy (non-hydrogen) atoms. The molecule has 1 unspecified atom stereocenters. The highest BCUT2D eigenvalue weighted by Crippen LogP contribution is 2.36. The highest BCUT2D eigenvalue weighted by molar-refractivity contribution is 6.99. The maximum atomic E-state index is 10.3. The number of benzene rings is 3. The third-order valence-corrected chi connectivity index (χ3v) is 11.5. The molecular formula is C31H40O4Si. The fourth-order valence-electron chi connectivity index (χ4n) is 4.56. The van der Waals surface area contributed by atoms with Crippen LogP contribution in [-0.4, -0.2) is 39.3 Å². The Labute approximate surface area is 217 Å². The zero-order valence-electron chi connectivity index (χ0n) is 22.2. The van der Waals surface area contributed by atoms with Crippen LogP contribution >= 0.6 is 0 Å². The molecule has 1 N–H and O–H groups in total. The minimum Gasteiger partial charge on any atom is -0.497 e. The summed E-state index contributed by atoms with van der Waals surface area (Å²) in [6.45, 7) is 9.54. The topological polar surface area (TPSA) is 47.9 Å². The Morgan fingerprint density at radius 2 is 1.39 bits per heavy atom. The van der Waals surface area contributed by atoms with Crippen molar-refractivity contribution < 1.29 is 19.0 Å². The van der Waals surface area contributed by atoms with Gasteiger partial charge in [-0.05, 0) is 46.5 Å². The Morgan fingerprint density at radius 1 is 0.833 bits per heavy atom. The van der Waals surface area contributed by atoms with Gasteiger partial charge < -0.3 is 19.0 Å². The van der Waals surface area contributed by atoms with E-state index in [0.717, 1.165) is 11.3 Å². The molecule has 3 rings (SSSR count). The van der Waals surface area contributed by atoms with Crippen LogP contribution in [0.25, 0.3) is 0 Å². The molecule has 3 aromatic carbocycles. The summed E-state index contributed by atoms with van der Waals surface area (Å²) in [5.41, 5.74) is 1.04. The minimum atomic E-state index is -2.56. The molecule has 5 heteroatoms. The van der Waals surface area contributed by atoms with Gasteiger partial charge in [-0.1, -0.05) is 106 Å². The lowest BCUT2D eigenvalue weighted by atomic mass is 10.1. The molecule has 0 aliphatic rings. The van der Waals surface area contributed by atoms with E-state index in [1.807, 2.05) is 24.3 Å². The van der Waals surface area contributed by atoms with E-state index in [9.17, 15) is 5.11 Å². The number of aliphatic hydroxyl groups excluding tert-OH is 1. The van der Waals surface area contributed by atoms with E-state index in [4.69, 9.17) is 13.9 Å². The summed E-state index contributed by atoms with van der Waals surface area (Å²) in [6, 6.07) is 29.1. The van der Waals surface area contributed by atoms with E-state index >= 15 is 0 Å². The summed E-state index contributed by atoms with van der Waals surface area (Å²) in [7, 11) is -0.906. The van der Waals surface area contributed by atoms with Gasteiger partial charge in [0.1, 0.15) is 5.75 Å². The number of hydrogen-bond acceptors (Lipinski definition) is 4. The summed E-state index contributed by atoms with van der Waals surface area (Å²) < 4.78 is 18.1. The molecule has 0 radical (unpaired) electrons. The molecule has 0 amide bonds. The molecule has 0 spiro atoms. The number of ether oxygens (including phenoxy) is 2. The van der Waals surface area contributed by atoms with Crippen LogP contribution in [0, 0.1) is 0 Å². The quantitative estimate of drug-likeness (QED) is 0.262. The minimum absolute atomic E-state index is 0.0623. The number of aliphatic hydroxyl groups is 1. The van der Waals surface area contributed by atoms with Crippen molar-refractivity contribution >= 4 is 18.7 Å². The number of methoxy groups -OCH3 is 1. The van der Waals surface area contributed by atoms with Gasteiger partial charge in [0, 0.05) is 0 Å². The lowest BCUT2D eigenvalue weighted by Crippen LogP contribution is -2.66. The first-order chi connectivity index (χ1) is 17.3. The van der Waals surface area contributed by atoms with Gasteiger partial charge in [-0.3, -0.25) is 0 Å². The van der Waals surface area contributed by atoms with Gasteiger partial charge in [0.25, 0.3) is 8.32 Å². The van der Waals surface area contributed by atoms with Crippen LogP contribution in [0.15, 0.2) is 97.1 Å². The standard InChI is InChI=1S/C31H40O4Si/c1-25(32)30(34-24-26-19-21-27(33-5)22-20-26)18-12-13-23-35-36(31(2,3)4,28-14-8-6-9-15-28)29-16-10-7-11-17-29/h6-17,19-22,25,30,32H,18,23-24H2,1-5H3/b13-12+/t25?,30-/m1/s1. The van der Waals surface area contributed by atoms with Crippen molar-refractivity contribution in [1.82, 2.24) is 0 Å². The first kappa shape index (κ1) is 27.9. The highest BCUT2D eigenvalue weighted by Gasteiger charge is 2.49. The Kier molecular flexibility index (Phi) is 10.1. The lowest BCUT2D eigenvalue weighted by molar-refractivity contribution is -0.0359. The molecule has 4 nitrogen and oxygen atoms in total. The smallest absolute Gasteiger partial charge is 0.261 e. The van der Waals surface area contributed by atoms with E-state index in [1.165, 1.54) is 10.4 Å². The van der Waals surface area contributed by atoms with Crippen LogP contribution in [0.5, 0.6) is 5.75 Å². The van der Waals surface area contributed by atoms with E-state index in [2.05, 4.69) is 93.6 Å².